The molecule has 0 aromatic heterocycles. The molecule has 1 aliphatic rings. The van der Waals surface area contributed by atoms with Gasteiger partial charge in [-0.05, 0) is 19.4 Å². The fourth-order valence-corrected chi connectivity index (χ4v) is 2.28. The van der Waals surface area contributed by atoms with E-state index in [2.05, 4.69) is 20.8 Å². The quantitative estimate of drug-likeness (QED) is 0.537. The molecule has 0 N–H and O–H groups in total. The summed E-state index contributed by atoms with van der Waals surface area (Å²) in [7, 11) is 3.53. The van der Waals surface area contributed by atoms with Crippen molar-refractivity contribution in [2.45, 2.75) is 25.0 Å². The first-order valence-corrected chi connectivity index (χ1v) is 6.28. The maximum atomic E-state index is 5.38. The van der Waals surface area contributed by atoms with Crippen LogP contribution >= 0.6 is 15.9 Å². The van der Waals surface area contributed by atoms with Gasteiger partial charge in [-0.15, -0.1) is 0 Å². The molecule has 1 aliphatic heterocycles. The second kappa shape index (κ2) is 6.77. The minimum Gasteiger partial charge on any atom is -0.377 e. The van der Waals surface area contributed by atoms with Gasteiger partial charge in [0.25, 0.3) is 0 Å². The second-order valence-corrected chi connectivity index (χ2v) is 4.50. The molecule has 4 heteroatoms. The summed E-state index contributed by atoms with van der Waals surface area (Å²) in [6.45, 7) is 3.18. The highest BCUT2D eigenvalue weighted by Gasteiger charge is 2.32. The summed E-state index contributed by atoms with van der Waals surface area (Å²) in [6.07, 6.45) is 3.00. The maximum absolute atomic E-state index is 5.38. The minimum absolute atomic E-state index is 0.254. The number of rotatable bonds is 6. The SMILES string of the molecule is COC1CN(CCCCBr)CC1OC. The zero-order chi connectivity index (χ0) is 10.4. The summed E-state index contributed by atoms with van der Waals surface area (Å²) >= 11 is 3.44. The van der Waals surface area contributed by atoms with Crippen molar-refractivity contribution in [1.29, 1.82) is 0 Å². The first kappa shape index (κ1) is 12.4. The van der Waals surface area contributed by atoms with Crippen LogP contribution in [0, 0.1) is 0 Å². The van der Waals surface area contributed by atoms with Gasteiger partial charge in [0.15, 0.2) is 0 Å². The van der Waals surface area contributed by atoms with Crippen LogP contribution < -0.4 is 0 Å². The standard InChI is InChI=1S/C10H20BrNO2/c1-13-9-7-12(6-4-3-5-11)8-10(9)14-2/h9-10H,3-8H2,1-2H3. The molecule has 0 aromatic rings. The molecule has 0 bridgehead atoms. The number of hydrogen-bond acceptors (Lipinski definition) is 3. The maximum Gasteiger partial charge on any atom is 0.0971 e. The van der Waals surface area contributed by atoms with E-state index in [0.717, 1.165) is 25.0 Å². The van der Waals surface area contributed by atoms with E-state index in [9.17, 15) is 0 Å². The lowest BCUT2D eigenvalue weighted by Gasteiger charge is -2.13. The monoisotopic (exact) mass is 265 g/mol. The minimum atomic E-state index is 0.254. The van der Waals surface area contributed by atoms with Crippen LogP contribution in [0.15, 0.2) is 0 Å². The second-order valence-electron chi connectivity index (χ2n) is 3.70. The summed E-state index contributed by atoms with van der Waals surface area (Å²) in [4.78, 5) is 2.42. The predicted molar refractivity (Wildman–Crippen MR) is 61.1 cm³/mol. The molecular weight excluding hydrogens is 246 g/mol. The highest BCUT2D eigenvalue weighted by molar-refractivity contribution is 9.09. The number of unbranched alkanes of at least 4 members (excludes halogenated alkanes) is 1. The van der Waals surface area contributed by atoms with Crippen LogP contribution in [0.2, 0.25) is 0 Å². The van der Waals surface area contributed by atoms with Gasteiger partial charge in [0.2, 0.25) is 0 Å². The Labute approximate surface area is 94.9 Å². The zero-order valence-electron chi connectivity index (χ0n) is 9.04. The van der Waals surface area contributed by atoms with E-state index < -0.39 is 0 Å². The van der Waals surface area contributed by atoms with Crippen molar-refractivity contribution < 1.29 is 9.47 Å². The van der Waals surface area contributed by atoms with Gasteiger partial charge in [0.05, 0.1) is 12.2 Å². The summed E-state index contributed by atoms with van der Waals surface area (Å²) < 4.78 is 10.8. The zero-order valence-corrected chi connectivity index (χ0v) is 10.6. The van der Waals surface area contributed by atoms with E-state index in [0.29, 0.717) is 0 Å². The average Bonchev–Trinajstić information content (AvgIpc) is 2.61. The van der Waals surface area contributed by atoms with Gasteiger partial charge in [-0.1, -0.05) is 15.9 Å². The van der Waals surface area contributed by atoms with Crippen LogP contribution in [0.3, 0.4) is 0 Å². The Morgan fingerprint density at radius 1 is 1.14 bits per heavy atom. The van der Waals surface area contributed by atoms with Crippen molar-refractivity contribution in [1.82, 2.24) is 4.90 Å². The van der Waals surface area contributed by atoms with Crippen LogP contribution in [0.25, 0.3) is 0 Å². The van der Waals surface area contributed by atoms with E-state index in [1.807, 2.05) is 0 Å². The number of ether oxygens (including phenoxy) is 2. The van der Waals surface area contributed by atoms with Crippen LogP contribution in [-0.2, 0) is 9.47 Å². The van der Waals surface area contributed by atoms with Gasteiger partial charge < -0.3 is 9.47 Å². The van der Waals surface area contributed by atoms with Gasteiger partial charge in [-0.2, -0.15) is 0 Å². The molecule has 2 atom stereocenters. The summed E-state index contributed by atoms with van der Waals surface area (Å²) in [6, 6.07) is 0. The topological polar surface area (TPSA) is 21.7 Å². The molecule has 1 fully saturated rings. The third-order valence-electron chi connectivity index (χ3n) is 2.75. The van der Waals surface area contributed by atoms with Crippen molar-refractivity contribution in [3.05, 3.63) is 0 Å². The largest absolute Gasteiger partial charge is 0.377 e. The predicted octanol–water partition coefficient (Wildman–Crippen LogP) is 1.51. The van der Waals surface area contributed by atoms with Gasteiger partial charge in [-0.25, -0.2) is 0 Å². The summed E-state index contributed by atoms with van der Waals surface area (Å²) in [5.41, 5.74) is 0. The third kappa shape index (κ3) is 3.50. The number of alkyl halides is 1. The van der Waals surface area contributed by atoms with Gasteiger partial charge >= 0.3 is 0 Å². The number of hydrogen-bond donors (Lipinski definition) is 0. The number of halogens is 1. The number of likely N-dealkylation sites (tertiary alicyclic amines) is 1. The molecule has 84 valence electrons. The molecule has 1 saturated heterocycles. The van der Waals surface area contributed by atoms with E-state index in [1.54, 1.807) is 14.2 Å². The smallest absolute Gasteiger partial charge is 0.0971 e. The van der Waals surface area contributed by atoms with E-state index in [1.165, 1.54) is 12.8 Å². The molecule has 2 unspecified atom stereocenters. The summed E-state index contributed by atoms with van der Waals surface area (Å²) in [5, 5.41) is 1.10. The highest BCUT2D eigenvalue weighted by Crippen LogP contribution is 2.16. The average molecular weight is 266 g/mol. The molecule has 0 spiro atoms. The lowest BCUT2D eigenvalue weighted by molar-refractivity contribution is -0.00461. The Balaban J connectivity index is 2.23. The normalized spacial score (nSPS) is 28.5. The molecular formula is C10H20BrNO2. The highest BCUT2D eigenvalue weighted by atomic mass is 79.9. The number of nitrogens with zero attached hydrogens (tertiary/aromatic N) is 1. The molecule has 0 aliphatic carbocycles. The third-order valence-corrected chi connectivity index (χ3v) is 3.32. The Morgan fingerprint density at radius 2 is 1.71 bits per heavy atom. The van der Waals surface area contributed by atoms with Gasteiger partial charge in [0.1, 0.15) is 0 Å². The van der Waals surface area contributed by atoms with E-state index >= 15 is 0 Å². The van der Waals surface area contributed by atoms with E-state index in [4.69, 9.17) is 9.47 Å². The lowest BCUT2D eigenvalue weighted by Crippen LogP contribution is -2.27. The number of methoxy groups -OCH3 is 2. The Kier molecular flexibility index (Phi) is 6.01. The van der Waals surface area contributed by atoms with Crippen molar-refractivity contribution in [2.75, 3.05) is 39.2 Å². The molecule has 0 saturated carbocycles. The van der Waals surface area contributed by atoms with Crippen LogP contribution in [0.5, 0.6) is 0 Å². The summed E-state index contributed by atoms with van der Waals surface area (Å²) in [5.74, 6) is 0. The lowest BCUT2D eigenvalue weighted by atomic mass is 10.3. The molecule has 0 radical (unpaired) electrons. The van der Waals surface area contributed by atoms with Crippen molar-refractivity contribution in [3.8, 4) is 0 Å². The molecule has 0 aromatic carbocycles. The molecule has 0 amide bonds. The van der Waals surface area contributed by atoms with Gasteiger partial charge in [-0.3, -0.25) is 4.90 Å². The Hall–Kier alpha value is 0.360. The first-order chi connectivity index (χ1) is 6.81. The van der Waals surface area contributed by atoms with Crippen LogP contribution in [0.4, 0.5) is 0 Å². The Bertz CT molecular complexity index is 145. The molecule has 1 rings (SSSR count). The molecule has 3 nitrogen and oxygen atoms in total. The van der Waals surface area contributed by atoms with E-state index in [-0.39, 0.29) is 12.2 Å². The molecule has 1 heterocycles. The van der Waals surface area contributed by atoms with Crippen molar-refractivity contribution in [3.63, 3.8) is 0 Å². The van der Waals surface area contributed by atoms with Crippen molar-refractivity contribution >= 4 is 15.9 Å². The van der Waals surface area contributed by atoms with Crippen molar-refractivity contribution in [2.24, 2.45) is 0 Å². The first-order valence-electron chi connectivity index (χ1n) is 5.15. The van der Waals surface area contributed by atoms with Crippen LogP contribution in [0.1, 0.15) is 12.8 Å². The molecule has 14 heavy (non-hydrogen) atoms. The van der Waals surface area contributed by atoms with Gasteiger partial charge in [0, 0.05) is 32.6 Å². The fourth-order valence-electron chi connectivity index (χ4n) is 1.88. The Morgan fingerprint density at radius 3 is 2.14 bits per heavy atom. The van der Waals surface area contributed by atoms with Crippen LogP contribution in [-0.4, -0.2) is 56.3 Å². The fraction of sp³-hybridized carbons (Fsp3) is 1.00.